The lowest BCUT2D eigenvalue weighted by Crippen LogP contribution is -2.33. The summed E-state index contributed by atoms with van der Waals surface area (Å²) in [6.07, 6.45) is 3.65. The second-order valence-corrected chi connectivity index (χ2v) is 3.60. The van der Waals surface area contributed by atoms with Gasteiger partial charge in [0.25, 0.3) is 0 Å². The number of anilines is 1. The number of esters is 1. The highest BCUT2D eigenvalue weighted by Gasteiger charge is 2.16. The molecule has 1 rings (SSSR count). The quantitative estimate of drug-likeness (QED) is 0.702. The molecule has 0 aliphatic heterocycles. The minimum absolute atomic E-state index is 0.0906. The van der Waals surface area contributed by atoms with Gasteiger partial charge in [-0.25, -0.2) is 9.97 Å². The molecule has 1 aromatic rings. The number of aromatic nitrogens is 2. The first-order chi connectivity index (χ1) is 8.72. The van der Waals surface area contributed by atoms with E-state index in [9.17, 15) is 4.79 Å². The Bertz CT molecular complexity index is 442. The summed E-state index contributed by atoms with van der Waals surface area (Å²) in [7, 11) is 0. The van der Waals surface area contributed by atoms with Crippen molar-refractivity contribution in [2.24, 2.45) is 0 Å². The first kappa shape index (κ1) is 13.9. The van der Waals surface area contributed by atoms with Crippen LogP contribution in [0.4, 0.5) is 5.82 Å². The van der Waals surface area contributed by atoms with Gasteiger partial charge in [0.05, 0.1) is 12.8 Å². The fourth-order valence-electron chi connectivity index (χ4n) is 1.55. The molecule has 0 radical (unpaired) electrons. The van der Waals surface area contributed by atoms with E-state index in [1.165, 1.54) is 12.5 Å². The first-order valence-electron chi connectivity index (χ1n) is 5.83. The molecule has 1 aromatic heterocycles. The van der Waals surface area contributed by atoms with Crippen LogP contribution in [0.1, 0.15) is 25.8 Å². The van der Waals surface area contributed by atoms with Gasteiger partial charge in [0, 0.05) is 6.54 Å². The summed E-state index contributed by atoms with van der Waals surface area (Å²) in [6, 6.07) is 2.02. The Labute approximate surface area is 106 Å². The third-order valence-corrected chi connectivity index (χ3v) is 2.23. The molecule has 6 heteroatoms. The van der Waals surface area contributed by atoms with Gasteiger partial charge in [-0.2, -0.15) is 5.26 Å². The van der Waals surface area contributed by atoms with Crippen molar-refractivity contribution in [3.63, 3.8) is 0 Å². The average molecular weight is 248 g/mol. The van der Waals surface area contributed by atoms with Crippen LogP contribution in [0.25, 0.3) is 0 Å². The zero-order chi connectivity index (χ0) is 13.4. The van der Waals surface area contributed by atoms with Gasteiger partial charge in [0.15, 0.2) is 0 Å². The zero-order valence-electron chi connectivity index (χ0n) is 10.6. The molecule has 0 unspecified atom stereocenters. The third-order valence-electron chi connectivity index (χ3n) is 2.23. The number of nitrogens with zero attached hydrogens (tertiary/aromatic N) is 4. The molecule has 0 fully saturated rings. The minimum Gasteiger partial charge on any atom is -0.465 e. The van der Waals surface area contributed by atoms with Crippen molar-refractivity contribution < 1.29 is 9.53 Å². The maximum atomic E-state index is 11.5. The molecular weight excluding hydrogens is 232 g/mol. The second-order valence-electron chi connectivity index (χ2n) is 3.60. The van der Waals surface area contributed by atoms with Crippen molar-refractivity contribution in [1.29, 1.82) is 5.26 Å². The lowest BCUT2D eigenvalue weighted by molar-refractivity contribution is -0.141. The SMILES string of the molecule is CCCN(CC(=O)OCC)c1ncncc1C#N. The van der Waals surface area contributed by atoms with Gasteiger partial charge in [0.1, 0.15) is 30.3 Å². The minimum atomic E-state index is -0.326. The monoisotopic (exact) mass is 248 g/mol. The predicted octanol–water partition coefficient (Wildman–Crippen LogP) is 1.13. The van der Waals surface area contributed by atoms with E-state index in [4.69, 9.17) is 10.00 Å². The molecule has 0 atom stereocenters. The molecular formula is C12H16N4O2. The van der Waals surface area contributed by atoms with Crippen LogP contribution in [0.15, 0.2) is 12.5 Å². The Morgan fingerprint density at radius 1 is 1.56 bits per heavy atom. The van der Waals surface area contributed by atoms with Gasteiger partial charge < -0.3 is 9.64 Å². The number of nitriles is 1. The summed E-state index contributed by atoms with van der Waals surface area (Å²) >= 11 is 0. The van der Waals surface area contributed by atoms with Crippen LogP contribution in [0.2, 0.25) is 0 Å². The maximum Gasteiger partial charge on any atom is 0.325 e. The van der Waals surface area contributed by atoms with Crippen LogP contribution in [-0.4, -0.2) is 35.6 Å². The van der Waals surface area contributed by atoms with Crippen LogP contribution in [-0.2, 0) is 9.53 Å². The van der Waals surface area contributed by atoms with Crippen molar-refractivity contribution in [2.45, 2.75) is 20.3 Å². The van der Waals surface area contributed by atoms with Crippen molar-refractivity contribution in [3.05, 3.63) is 18.1 Å². The van der Waals surface area contributed by atoms with Gasteiger partial charge >= 0.3 is 5.97 Å². The number of carbonyl (C=O) groups excluding carboxylic acids is 1. The average Bonchev–Trinajstić information content (AvgIpc) is 2.38. The molecule has 0 saturated carbocycles. The fraction of sp³-hybridized carbons (Fsp3) is 0.500. The summed E-state index contributed by atoms with van der Waals surface area (Å²) in [4.78, 5) is 21.1. The van der Waals surface area contributed by atoms with E-state index in [1.807, 2.05) is 13.0 Å². The van der Waals surface area contributed by atoms with E-state index in [0.717, 1.165) is 6.42 Å². The van der Waals surface area contributed by atoms with Crippen molar-refractivity contribution in [1.82, 2.24) is 9.97 Å². The van der Waals surface area contributed by atoms with Crippen molar-refractivity contribution >= 4 is 11.8 Å². The van der Waals surface area contributed by atoms with Gasteiger partial charge in [-0.15, -0.1) is 0 Å². The Morgan fingerprint density at radius 2 is 2.33 bits per heavy atom. The van der Waals surface area contributed by atoms with E-state index in [1.54, 1.807) is 11.8 Å². The summed E-state index contributed by atoms with van der Waals surface area (Å²) in [6.45, 7) is 4.81. The number of carbonyl (C=O) groups is 1. The van der Waals surface area contributed by atoms with Crippen LogP contribution in [0.5, 0.6) is 0 Å². The molecule has 18 heavy (non-hydrogen) atoms. The number of ether oxygens (including phenoxy) is 1. The van der Waals surface area contributed by atoms with Crippen LogP contribution < -0.4 is 4.90 Å². The number of rotatable bonds is 6. The Balaban J connectivity index is 2.90. The topological polar surface area (TPSA) is 79.1 Å². The van der Waals surface area contributed by atoms with E-state index in [-0.39, 0.29) is 12.5 Å². The van der Waals surface area contributed by atoms with Crippen LogP contribution >= 0.6 is 0 Å². The molecule has 0 saturated heterocycles. The van der Waals surface area contributed by atoms with Crippen molar-refractivity contribution in [3.8, 4) is 6.07 Å². The van der Waals surface area contributed by atoms with Crippen LogP contribution in [0, 0.1) is 11.3 Å². The van der Waals surface area contributed by atoms with E-state index in [0.29, 0.717) is 24.5 Å². The van der Waals surface area contributed by atoms with E-state index < -0.39 is 0 Å². The molecule has 0 aromatic carbocycles. The first-order valence-corrected chi connectivity index (χ1v) is 5.83. The molecule has 0 N–H and O–H groups in total. The molecule has 96 valence electrons. The van der Waals surface area contributed by atoms with Crippen LogP contribution in [0.3, 0.4) is 0 Å². The highest BCUT2D eigenvalue weighted by atomic mass is 16.5. The third kappa shape index (κ3) is 3.70. The Kier molecular flexibility index (Phi) is 5.58. The normalized spacial score (nSPS) is 9.61. The molecule has 0 amide bonds. The van der Waals surface area contributed by atoms with E-state index >= 15 is 0 Å². The number of hydrogen-bond acceptors (Lipinski definition) is 6. The Morgan fingerprint density at radius 3 is 2.94 bits per heavy atom. The molecule has 0 aliphatic carbocycles. The molecule has 6 nitrogen and oxygen atoms in total. The predicted molar refractivity (Wildman–Crippen MR) is 65.9 cm³/mol. The smallest absolute Gasteiger partial charge is 0.325 e. The largest absolute Gasteiger partial charge is 0.465 e. The molecule has 1 heterocycles. The van der Waals surface area contributed by atoms with Gasteiger partial charge in [-0.1, -0.05) is 6.92 Å². The molecule has 0 aliphatic rings. The van der Waals surface area contributed by atoms with Gasteiger partial charge in [-0.3, -0.25) is 4.79 Å². The lowest BCUT2D eigenvalue weighted by atomic mass is 10.3. The summed E-state index contributed by atoms with van der Waals surface area (Å²) in [5.41, 5.74) is 0.357. The molecule has 0 bridgehead atoms. The highest BCUT2D eigenvalue weighted by Crippen LogP contribution is 2.15. The standard InChI is InChI=1S/C12H16N4O2/c1-3-5-16(8-11(17)18-4-2)12-10(6-13)7-14-9-15-12/h7,9H,3-5,8H2,1-2H3. The summed E-state index contributed by atoms with van der Waals surface area (Å²) in [5.74, 6) is 0.149. The summed E-state index contributed by atoms with van der Waals surface area (Å²) in [5, 5.41) is 9.00. The second kappa shape index (κ2) is 7.22. The lowest BCUT2D eigenvalue weighted by Gasteiger charge is -2.22. The van der Waals surface area contributed by atoms with Gasteiger partial charge in [0.2, 0.25) is 0 Å². The van der Waals surface area contributed by atoms with Crippen molar-refractivity contribution in [2.75, 3.05) is 24.6 Å². The zero-order valence-corrected chi connectivity index (χ0v) is 10.6. The van der Waals surface area contributed by atoms with E-state index in [2.05, 4.69) is 9.97 Å². The highest BCUT2D eigenvalue weighted by molar-refractivity contribution is 5.76. The Hall–Kier alpha value is -2.16. The maximum absolute atomic E-state index is 11.5. The van der Waals surface area contributed by atoms with Gasteiger partial charge in [-0.05, 0) is 13.3 Å². The molecule has 0 spiro atoms. The fourth-order valence-corrected chi connectivity index (χ4v) is 1.55. The number of hydrogen-bond donors (Lipinski definition) is 0. The summed E-state index contributed by atoms with van der Waals surface area (Å²) < 4.78 is 4.91.